The average molecular weight is 233 g/mol. The number of carbonyl (C=O) groups excluding carboxylic acids is 1. The monoisotopic (exact) mass is 232 g/mol. The van der Waals surface area contributed by atoms with Crippen LogP contribution in [0, 0.1) is 0 Å². The van der Waals surface area contributed by atoms with Crippen molar-refractivity contribution in [3.63, 3.8) is 0 Å². The first-order valence-corrected chi connectivity index (χ1v) is 6.01. The second kappa shape index (κ2) is 4.11. The second-order valence-corrected chi connectivity index (χ2v) is 5.37. The highest BCUT2D eigenvalue weighted by Gasteiger charge is 2.15. The van der Waals surface area contributed by atoms with E-state index in [9.17, 15) is 13.2 Å². The third kappa shape index (κ3) is 2.13. The predicted molar refractivity (Wildman–Crippen MR) is 54.6 cm³/mol. The fraction of sp³-hybridized carbons (Fsp3) is 0.222. The van der Waals surface area contributed by atoms with Crippen LogP contribution in [-0.4, -0.2) is 20.5 Å². The third-order valence-corrected chi connectivity index (χ3v) is 4.02. The number of hydrogen-bond acceptors (Lipinski definition) is 3. The molecule has 5 heteroatoms. The first-order valence-electron chi connectivity index (χ1n) is 3.98. The van der Waals surface area contributed by atoms with Gasteiger partial charge in [0.05, 0.1) is 15.7 Å². The molecule has 0 N–H and O–H groups in total. The van der Waals surface area contributed by atoms with Gasteiger partial charge in [-0.1, -0.05) is 24.6 Å². The van der Waals surface area contributed by atoms with Gasteiger partial charge in [0.1, 0.15) is 6.29 Å². The minimum absolute atomic E-state index is 0.00679. The summed E-state index contributed by atoms with van der Waals surface area (Å²) in [6.45, 7) is 1.54. The number of aldehydes is 1. The summed E-state index contributed by atoms with van der Waals surface area (Å²) in [5, 5.41) is 0.0939. The Kier molecular flexibility index (Phi) is 3.29. The van der Waals surface area contributed by atoms with Crippen LogP contribution in [0.2, 0.25) is 5.02 Å². The van der Waals surface area contributed by atoms with Crippen molar-refractivity contribution in [2.45, 2.75) is 11.8 Å². The van der Waals surface area contributed by atoms with E-state index < -0.39 is 9.84 Å². The van der Waals surface area contributed by atoms with Crippen LogP contribution in [0.1, 0.15) is 17.3 Å². The quantitative estimate of drug-likeness (QED) is 0.749. The summed E-state index contributed by atoms with van der Waals surface area (Å²) >= 11 is 5.73. The number of halogens is 1. The van der Waals surface area contributed by atoms with Crippen molar-refractivity contribution in [1.82, 2.24) is 0 Å². The Bertz CT molecular complexity index is 451. The maximum absolute atomic E-state index is 11.4. The molecule has 0 saturated carbocycles. The lowest BCUT2D eigenvalue weighted by Crippen LogP contribution is -2.04. The Morgan fingerprint density at radius 3 is 2.50 bits per heavy atom. The normalized spacial score (nSPS) is 11.3. The molecule has 1 aromatic rings. The summed E-state index contributed by atoms with van der Waals surface area (Å²) in [5.41, 5.74) is 0.366. The van der Waals surface area contributed by atoms with E-state index in [4.69, 9.17) is 11.6 Å². The highest BCUT2D eigenvalue weighted by atomic mass is 35.5. The van der Waals surface area contributed by atoms with E-state index >= 15 is 0 Å². The van der Waals surface area contributed by atoms with E-state index in [0.717, 1.165) is 0 Å². The molecule has 3 nitrogen and oxygen atoms in total. The summed E-state index contributed by atoms with van der Waals surface area (Å²) in [7, 11) is -3.30. The van der Waals surface area contributed by atoms with E-state index in [2.05, 4.69) is 0 Å². The Labute approximate surface area is 87.6 Å². The number of hydrogen-bond donors (Lipinski definition) is 0. The zero-order chi connectivity index (χ0) is 10.8. The average Bonchev–Trinajstić information content (AvgIpc) is 2.17. The molecule has 14 heavy (non-hydrogen) atoms. The predicted octanol–water partition coefficient (Wildman–Crippen LogP) is 1.95. The SMILES string of the molecule is CCS(=O)(=O)c1ccc(C=O)cc1Cl. The van der Waals surface area contributed by atoms with Gasteiger partial charge in [-0.15, -0.1) is 0 Å². The van der Waals surface area contributed by atoms with E-state index in [-0.39, 0.29) is 15.7 Å². The molecule has 0 aliphatic heterocycles. The Morgan fingerprint density at radius 1 is 1.43 bits per heavy atom. The number of carbonyl (C=O) groups is 1. The van der Waals surface area contributed by atoms with Crippen molar-refractivity contribution >= 4 is 27.7 Å². The maximum Gasteiger partial charge on any atom is 0.179 e. The molecular weight excluding hydrogens is 224 g/mol. The van der Waals surface area contributed by atoms with Crippen molar-refractivity contribution in [3.8, 4) is 0 Å². The van der Waals surface area contributed by atoms with Crippen LogP contribution in [-0.2, 0) is 9.84 Å². The lowest BCUT2D eigenvalue weighted by atomic mass is 10.2. The molecule has 76 valence electrons. The molecule has 0 fully saturated rings. The minimum atomic E-state index is -3.30. The van der Waals surface area contributed by atoms with Gasteiger partial charge in [0.2, 0.25) is 0 Å². The van der Waals surface area contributed by atoms with Crippen LogP contribution in [0.4, 0.5) is 0 Å². The van der Waals surface area contributed by atoms with Crippen LogP contribution < -0.4 is 0 Å². The summed E-state index contributed by atoms with van der Waals surface area (Å²) < 4.78 is 22.9. The Balaban J connectivity index is 3.33. The van der Waals surface area contributed by atoms with Gasteiger partial charge in [-0.05, 0) is 12.1 Å². The van der Waals surface area contributed by atoms with Crippen molar-refractivity contribution in [1.29, 1.82) is 0 Å². The van der Waals surface area contributed by atoms with E-state index in [1.807, 2.05) is 0 Å². The largest absolute Gasteiger partial charge is 0.298 e. The van der Waals surface area contributed by atoms with Crippen LogP contribution >= 0.6 is 11.6 Å². The maximum atomic E-state index is 11.4. The van der Waals surface area contributed by atoms with Gasteiger partial charge < -0.3 is 0 Å². The van der Waals surface area contributed by atoms with Gasteiger partial charge in [0, 0.05) is 5.56 Å². The standard InChI is InChI=1S/C9H9ClO3S/c1-2-14(12,13)9-4-3-7(6-11)5-8(9)10/h3-6H,2H2,1H3. The molecule has 0 atom stereocenters. The van der Waals surface area contributed by atoms with E-state index in [1.165, 1.54) is 18.2 Å². The molecule has 0 unspecified atom stereocenters. The Morgan fingerprint density at radius 2 is 2.07 bits per heavy atom. The summed E-state index contributed by atoms with van der Waals surface area (Å²) in [4.78, 5) is 10.5. The molecule has 0 radical (unpaired) electrons. The van der Waals surface area contributed by atoms with Gasteiger partial charge in [-0.25, -0.2) is 8.42 Å². The molecule has 0 amide bonds. The number of rotatable bonds is 3. The zero-order valence-electron chi connectivity index (χ0n) is 7.53. The molecule has 0 aliphatic rings. The second-order valence-electron chi connectivity index (χ2n) is 2.71. The molecule has 1 aromatic carbocycles. The first kappa shape index (κ1) is 11.2. The van der Waals surface area contributed by atoms with Crippen LogP contribution in [0.5, 0.6) is 0 Å². The first-order chi connectivity index (χ1) is 6.51. The highest BCUT2D eigenvalue weighted by Crippen LogP contribution is 2.22. The number of benzene rings is 1. The van der Waals surface area contributed by atoms with Gasteiger partial charge >= 0.3 is 0 Å². The fourth-order valence-electron chi connectivity index (χ4n) is 0.998. The lowest BCUT2D eigenvalue weighted by Gasteiger charge is -2.03. The minimum Gasteiger partial charge on any atom is -0.298 e. The molecule has 0 aromatic heterocycles. The molecule has 0 saturated heterocycles. The van der Waals surface area contributed by atoms with Crippen LogP contribution in [0.25, 0.3) is 0 Å². The molecule has 0 bridgehead atoms. The van der Waals surface area contributed by atoms with Gasteiger partial charge in [-0.2, -0.15) is 0 Å². The van der Waals surface area contributed by atoms with Crippen molar-refractivity contribution in [2.75, 3.05) is 5.75 Å². The van der Waals surface area contributed by atoms with E-state index in [0.29, 0.717) is 11.8 Å². The molecule has 0 aliphatic carbocycles. The smallest absolute Gasteiger partial charge is 0.179 e. The molecular formula is C9H9ClO3S. The van der Waals surface area contributed by atoms with Gasteiger partial charge in [0.15, 0.2) is 9.84 Å². The molecule has 1 rings (SSSR count). The zero-order valence-corrected chi connectivity index (χ0v) is 9.10. The van der Waals surface area contributed by atoms with Gasteiger partial charge in [-0.3, -0.25) is 4.79 Å². The molecule has 0 spiro atoms. The summed E-state index contributed by atoms with van der Waals surface area (Å²) in [5.74, 6) is -0.00679. The Hall–Kier alpha value is -0.870. The molecule has 0 heterocycles. The lowest BCUT2D eigenvalue weighted by molar-refractivity contribution is 0.112. The van der Waals surface area contributed by atoms with E-state index in [1.54, 1.807) is 6.92 Å². The third-order valence-electron chi connectivity index (χ3n) is 1.81. The van der Waals surface area contributed by atoms with Crippen molar-refractivity contribution < 1.29 is 13.2 Å². The topological polar surface area (TPSA) is 51.2 Å². The summed E-state index contributed by atoms with van der Waals surface area (Å²) in [6.07, 6.45) is 0.619. The van der Waals surface area contributed by atoms with Crippen molar-refractivity contribution in [3.05, 3.63) is 28.8 Å². The van der Waals surface area contributed by atoms with Crippen LogP contribution in [0.15, 0.2) is 23.1 Å². The summed E-state index contributed by atoms with van der Waals surface area (Å²) in [6, 6.07) is 4.13. The fourth-order valence-corrected chi connectivity index (χ4v) is 2.48. The van der Waals surface area contributed by atoms with Crippen molar-refractivity contribution in [2.24, 2.45) is 0 Å². The highest BCUT2D eigenvalue weighted by molar-refractivity contribution is 7.91. The van der Waals surface area contributed by atoms with Crippen LogP contribution in [0.3, 0.4) is 0 Å². The van der Waals surface area contributed by atoms with Gasteiger partial charge in [0.25, 0.3) is 0 Å². The number of sulfone groups is 1.